The monoisotopic (exact) mass is 378 g/mol. The average Bonchev–Trinajstić information content (AvgIpc) is 3.00. The van der Waals surface area contributed by atoms with Crippen LogP contribution < -0.4 is 10.2 Å². The van der Waals surface area contributed by atoms with Crippen molar-refractivity contribution in [2.45, 2.75) is 25.8 Å². The fraction of sp³-hybridized carbons (Fsp3) is 0.190. The molecular weight excluding hydrogens is 360 g/mol. The Balaban J connectivity index is 1.45. The molecule has 4 rings (SSSR count). The van der Waals surface area contributed by atoms with E-state index >= 15 is 0 Å². The van der Waals surface area contributed by atoms with E-state index in [4.69, 9.17) is 11.6 Å². The molecule has 136 valence electrons. The van der Waals surface area contributed by atoms with Gasteiger partial charge in [0.2, 0.25) is 5.91 Å². The summed E-state index contributed by atoms with van der Waals surface area (Å²) < 4.78 is 0. The molecule has 0 aliphatic carbocycles. The van der Waals surface area contributed by atoms with Crippen LogP contribution >= 0.6 is 11.6 Å². The van der Waals surface area contributed by atoms with Gasteiger partial charge in [0.15, 0.2) is 11.6 Å². The highest BCUT2D eigenvalue weighted by Gasteiger charge is 2.27. The van der Waals surface area contributed by atoms with Gasteiger partial charge in [0.25, 0.3) is 0 Å². The third-order valence-electron chi connectivity index (χ3n) is 4.65. The summed E-state index contributed by atoms with van der Waals surface area (Å²) in [6.07, 6.45) is 1.24. The summed E-state index contributed by atoms with van der Waals surface area (Å²) in [4.78, 5) is 14.4. The molecule has 1 atom stereocenters. The van der Waals surface area contributed by atoms with Crippen LogP contribution in [0.5, 0.6) is 0 Å². The molecule has 1 amide bonds. The zero-order valence-electron chi connectivity index (χ0n) is 14.9. The van der Waals surface area contributed by atoms with Crippen molar-refractivity contribution < 1.29 is 4.79 Å². The molecule has 1 N–H and O–H groups in total. The number of nitrogens with zero attached hydrogens (tertiary/aromatic N) is 3. The largest absolute Gasteiger partial charge is 0.321 e. The van der Waals surface area contributed by atoms with E-state index in [1.54, 1.807) is 18.2 Å². The molecule has 1 aromatic heterocycles. The maximum absolute atomic E-state index is 12.2. The molecule has 0 bridgehead atoms. The van der Waals surface area contributed by atoms with Crippen LogP contribution in [0.25, 0.3) is 0 Å². The second-order valence-electron chi connectivity index (χ2n) is 6.68. The molecule has 0 saturated heterocycles. The number of anilines is 3. The summed E-state index contributed by atoms with van der Waals surface area (Å²) in [6, 6.07) is 19.5. The van der Waals surface area contributed by atoms with Crippen LogP contribution in [-0.2, 0) is 17.6 Å². The maximum Gasteiger partial charge on any atom is 0.229 e. The van der Waals surface area contributed by atoms with Gasteiger partial charge >= 0.3 is 0 Å². The van der Waals surface area contributed by atoms with Gasteiger partial charge in [-0.05, 0) is 54.8 Å². The molecule has 2 aromatic carbocycles. The van der Waals surface area contributed by atoms with Crippen LogP contribution in [0.3, 0.4) is 0 Å². The fourth-order valence-electron chi connectivity index (χ4n) is 3.41. The number of carbonyl (C=O) groups excluding carboxylic acids is 1. The van der Waals surface area contributed by atoms with Gasteiger partial charge in [-0.15, -0.1) is 10.2 Å². The smallest absolute Gasteiger partial charge is 0.229 e. The molecule has 0 fully saturated rings. The topological polar surface area (TPSA) is 58.1 Å². The Bertz CT molecular complexity index is 957. The summed E-state index contributed by atoms with van der Waals surface area (Å²) in [7, 11) is 0. The van der Waals surface area contributed by atoms with E-state index in [-0.39, 0.29) is 12.3 Å². The number of benzene rings is 2. The fourth-order valence-corrected chi connectivity index (χ4v) is 3.54. The minimum Gasteiger partial charge on any atom is -0.321 e. The Hall–Kier alpha value is -2.92. The molecule has 2 heterocycles. The number of hydrogen-bond acceptors (Lipinski definition) is 4. The van der Waals surface area contributed by atoms with Gasteiger partial charge in [0.05, 0.1) is 6.42 Å². The SMILES string of the molecule is CC1Cc2ccccc2N1c1ccc(NC(=O)Cc2ccc(Cl)cc2)nn1. The second kappa shape index (κ2) is 7.37. The first-order valence-electron chi connectivity index (χ1n) is 8.85. The van der Waals surface area contributed by atoms with Gasteiger partial charge in [0.1, 0.15) is 0 Å². The molecule has 1 aliphatic rings. The van der Waals surface area contributed by atoms with Crippen molar-refractivity contribution >= 4 is 34.8 Å². The molecule has 5 nitrogen and oxygen atoms in total. The Morgan fingerprint density at radius 1 is 1.11 bits per heavy atom. The Labute approximate surface area is 163 Å². The average molecular weight is 379 g/mol. The highest BCUT2D eigenvalue weighted by atomic mass is 35.5. The minimum absolute atomic E-state index is 0.140. The lowest BCUT2D eigenvalue weighted by Crippen LogP contribution is -2.25. The summed E-state index contributed by atoms with van der Waals surface area (Å²) in [5.74, 6) is 1.08. The van der Waals surface area contributed by atoms with E-state index in [0.29, 0.717) is 16.9 Å². The molecule has 0 radical (unpaired) electrons. The first-order chi connectivity index (χ1) is 13.1. The summed E-state index contributed by atoms with van der Waals surface area (Å²) in [6.45, 7) is 2.17. The quantitative estimate of drug-likeness (QED) is 0.731. The Morgan fingerprint density at radius 2 is 1.89 bits per heavy atom. The normalized spacial score (nSPS) is 15.5. The van der Waals surface area contributed by atoms with Gasteiger partial charge in [-0.25, -0.2) is 0 Å². The number of fused-ring (bicyclic) bond motifs is 1. The van der Waals surface area contributed by atoms with Crippen molar-refractivity contribution in [2.24, 2.45) is 0 Å². The van der Waals surface area contributed by atoms with E-state index in [1.807, 2.05) is 24.3 Å². The van der Waals surface area contributed by atoms with Crippen molar-refractivity contribution in [1.82, 2.24) is 10.2 Å². The van der Waals surface area contributed by atoms with E-state index in [2.05, 4.69) is 45.5 Å². The number of hydrogen-bond donors (Lipinski definition) is 1. The molecule has 1 unspecified atom stereocenters. The standard InChI is InChI=1S/C21H19ClN4O/c1-14-12-16-4-2-3-5-18(16)26(14)20-11-10-19(24-25-20)23-21(27)13-15-6-8-17(22)9-7-15/h2-11,14H,12-13H2,1H3,(H,23,24,27). The highest BCUT2D eigenvalue weighted by Crippen LogP contribution is 2.36. The molecule has 27 heavy (non-hydrogen) atoms. The maximum atomic E-state index is 12.2. The predicted molar refractivity (Wildman–Crippen MR) is 108 cm³/mol. The Morgan fingerprint density at radius 3 is 2.63 bits per heavy atom. The Kier molecular flexibility index (Phi) is 4.77. The van der Waals surface area contributed by atoms with Crippen LogP contribution in [0.1, 0.15) is 18.1 Å². The van der Waals surface area contributed by atoms with E-state index < -0.39 is 0 Å². The van der Waals surface area contributed by atoms with Crippen molar-refractivity contribution in [3.8, 4) is 0 Å². The van der Waals surface area contributed by atoms with Crippen molar-refractivity contribution in [2.75, 3.05) is 10.2 Å². The molecule has 6 heteroatoms. The lowest BCUT2D eigenvalue weighted by Gasteiger charge is -2.23. The molecule has 0 saturated carbocycles. The van der Waals surface area contributed by atoms with Crippen LogP contribution in [-0.4, -0.2) is 22.1 Å². The molecule has 0 spiro atoms. The summed E-state index contributed by atoms with van der Waals surface area (Å²) in [5, 5.41) is 11.9. The number of amides is 1. The zero-order chi connectivity index (χ0) is 18.8. The second-order valence-corrected chi connectivity index (χ2v) is 7.12. The third-order valence-corrected chi connectivity index (χ3v) is 4.90. The molecule has 1 aliphatic heterocycles. The number of nitrogens with one attached hydrogen (secondary N) is 1. The third kappa shape index (κ3) is 3.78. The number of carbonyl (C=O) groups is 1. The first-order valence-corrected chi connectivity index (χ1v) is 9.23. The van der Waals surface area contributed by atoms with Crippen molar-refractivity contribution in [1.29, 1.82) is 0 Å². The van der Waals surface area contributed by atoms with E-state index in [1.165, 1.54) is 11.3 Å². The van der Waals surface area contributed by atoms with Crippen molar-refractivity contribution in [3.63, 3.8) is 0 Å². The molecule has 3 aromatic rings. The zero-order valence-corrected chi connectivity index (χ0v) is 15.6. The van der Waals surface area contributed by atoms with Gasteiger partial charge in [0, 0.05) is 16.8 Å². The summed E-state index contributed by atoms with van der Waals surface area (Å²) in [5.41, 5.74) is 3.37. The number of para-hydroxylation sites is 1. The van der Waals surface area contributed by atoms with E-state index in [0.717, 1.165) is 17.8 Å². The van der Waals surface area contributed by atoms with Crippen LogP contribution in [0.2, 0.25) is 5.02 Å². The summed E-state index contributed by atoms with van der Waals surface area (Å²) >= 11 is 5.87. The van der Waals surface area contributed by atoms with Crippen LogP contribution in [0.4, 0.5) is 17.3 Å². The van der Waals surface area contributed by atoms with Gasteiger partial charge in [-0.2, -0.15) is 0 Å². The van der Waals surface area contributed by atoms with E-state index in [9.17, 15) is 4.79 Å². The van der Waals surface area contributed by atoms with Crippen LogP contribution in [0.15, 0.2) is 60.7 Å². The lowest BCUT2D eigenvalue weighted by molar-refractivity contribution is -0.115. The van der Waals surface area contributed by atoms with Gasteiger partial charge < -0.3 is 10.2 Å². The lowest BCUT2D eigenvalue weighted by atomic mass is 10.1. The molecular formula is C21H19ClN4O. The van der Waals surface area contributed by atoms with Gasteiger partial charge in [-0.3, -0.25) is 4.79 Å². The highest BCUT2D eigenvalue weighted by molar-refractivity contribution is 6.30. The number of aromatic nitrogens is 2. The predicted octanol–water partition coefficient (Wildman–Crippen LogP) is 4.39. The minimum atomic E-state index is -0.140. The number of halogens is 1. The van der Waals surface area contributed by atoms with Gasteiger partial charge in [-0.1, -0.05) is 41.9 Å². The van der Waals surface area contributed by atoms with Crippen molar-refractivity contribution in [3.05, 3.63) is 76.8 Å². The first kappa shape index (κ1) is 17.5. The number of rotatable bonds is 4. The van der Waals surface area contributed by atoms with Crippen LogP contribution in [0, 0.1) is 0 Å².